The number of alkyl halides is 3. The molecule has 4 rings (SSSR count). The highest BCUT2D eigenvalue weighted by Gasteiger charge is 2.46. The molecular formula is C20H19F3N2O2. The molecule has 0 aliphatic carbocycles. The summed E-state index contributed by atoms with van der Waals surface area (Å²) >= 11 is 0. The number of ether oxygens (including phenoxy) is 1. The first kappa shape index (κ1) is 17.8. The lowest BCUT2D eigenvalue weighted by molar-refractivity contribution is -0.138. The topological polar surface area (TPSA) is 42.4 Å². The van der Waals surface area contributed by atoms with E-state index in [9.17, 15) is 18.0 Å². The van der Waals surface area contributed by atoms with Gasteiger partial charge in [0, 0.05) is 37.3 Å². The van der Waals surface area contributed by atoms with E-state index >= 15 is 0 Å². The number of benzene rings is 1. The molecule has 1 aromatic carbocycles. The van der Waals surface area contributed by atoms with Crippen LogP contribution in [-0.2, 0) is 6.18 Å². The molecule has 142 valence electrons. The Morgan fingerprint density at radius 1 is 1.04 bits per heavy atom. The lowest BCUT2D eigenvalue weighted by Gasteiger charge is -2.39. The van der Waals surface area contributed by atoms with Crippen molar-refractivity contribution in [3.05, 3.63) is 59.9 Å². The second-order valence-corrected chi connectivity index (χ2v) is 7.03. The first-order chi connectivity index (χ1) is 12.9. The second-order valence-electron chi connectivity index (χ2n) is 7.03. The maximum atomic E-state index is 13.3. The van der Waals surface area contributed by atoms with E-state index in [1.54, 1.807) is 29.4 Å². The van der Waals surface area contributed by atoms with Gasteiger partial charge in [0.25, 0.3) is 5.91 Å². The summed E-state index contributed by atoms with van der Waals surface area (Å²) in [6, 6.07) is 8.39. The zero-order valence-corrected chi connectivity index (χ0v) is 14.5. The van der Waals surface area contributed by atoms with Crippen LogP contribution in [0.3, 0.4) is 0 Å². The van der Waals surface area contributed by atoms with Gasteiger partial charge >= 0.3 is 6.18 Å². The molecule has 2 unspecified atom stereocenters. The van der Waals surface area contributed by atoms with Crippen LogP contribution in [0.25, 0.3) is 0 Å². The van der Waals surface area contributed by atoms with E-state index in [0.29, 0.717) is 12.8 Å². The number of halogens is 3. The smallest absolute Gasteiger partial charge is 0.417 e. The highest BCUT2D eigenvalue weighted by atomic mass is 19.4. The third-order valence-electron chi connectivity index (χ3n) is 5.34. The van der Waals surface area contributed by atoms with E-state index in [-0.39, 0.29) is 23.8 Å². The molecule has 2 aromatic rings. The number of hydrogen-bond donors (Lipinski definition) is 0. The Kier molecular flexibility index (Phi) is 4.53. The van der Waals surface area contributed by atoms with Gasteiger partial charge in [-0.05, 0) is 37.1 Å². The molecule has 3 heterocycles. The van der Waals surface area contributed by atoms with Crippen molar-refractivity contribution >= 4 is 5.91 Å². The Bertz CT molecular complexity index is 811. The lowest BCUT2D eigenvalue weighted by Crippen LogP contribution is -2.49. The van der Waals surface area contributed by atoms with E-state index in [0.717, 1.165) is 24.7 Å². The Hall–Kier alpha value is -2.57. The molecule has 1 aromatic heterocycles. The average molecular weight is 376 g/mol. The fourth-order valence-electron chi connectivity index (χ4n) is 4.22. The first-order valence-corrected chi connectivity index (χ1v) is 8.99. The predicted molar refractivity (Wildman–Crippen MR) is 92.3 cm³/mol. The van der Waals surface area contributed by atoms with Crippen molar-refractivity contribution in [3.8, 4) is 5.75 Å². The molecule has 27 heavy (non-hydrogen) atoms. The van der Waals surface area contributed by atoms with Crippen molar-refractivity contribution < 1.29 is 22.7 Å². The van der Waals surface area contributed by atoms with E-state index in [2.05, 4.69) is 4.98 Å². The highest BCUT2D eigenvalue weighted by molar-refractivity contribution is 5.96. The molecule has 2 aliphatic rings. The molecular weight excluding hydrogens is 357 g/mol. The van der Waals surface area contributed by atoms with Crippen LogP contribution in [0.15, 0.2) is 48.8 Å². The molecule has 0 saturated carbocycles. The van der Waals surface area contributed by atoms with Gasteiger partial charge in [-0.3, -0.25) is 9.78 Å². The van der Waals surface area contributed by atoms with Crippen molar-refractivity contribution in [2.24, 2.45) is 0 Å². The van der Waals surface area contributed by atoms with Crippen LogP contribution in [0.1, 0.15) is 41.6 Å². The summed E-state index contributed by atoms with van der Waals surface area (Å²) in [5.74, 6) is 0.189. The number of amides is 1. The minimum absolute atomic E-state index is 0.0493. The molecule has 0 N–H and O–H groups in total. The van der Waals surface area contributed by atoms with Crippen molar-refractivity contribution in [2.45, 2.75) is 50.0 Å². The molecule has 2 atom stereocenters. The van der Waals surface area contributed by atoms with Crippen molar-refractivity contribution in [1.82, 2.24) is 9.88 Å². The molecule has 2 fully saturated rings. The normalized spacial score (nSPS) is 24.7. The molecule has 2 aliphatic heterocycles. The van der Waals surface area contributed by atoms with Crippen LogP contribution in [0.5, 0.6) is 5.75 Å². The van der Waals surface area contributed by atoms with Gasteiger partial charge in [0.1, 0.15) is 11.9 Å². The number of piperidine rings is 1. The molecule has 0 spiro atoms. The van der Waals surface area contributed by atoms with Gasteiger partial charge in [-0.15, -0.1) is 0 Å². The van der Waals surface area contributed by atoms with Crippen LogP contribution < -0.4 is 4.74 Å². The SMILES string of the molecule is O=C(c1ccccc1C(F)(F)F)N1C2CCC1CC(Oc1ccncc1)C2. The minimum atomic E-state index is -4.55. The highest BCUT2D eigenvalue weighted by Crippen LogP contribution is 2.40. The minimum Gasteiger partial charge on any atom is -0.490 e. The maximum Gasteiger partial charge on any atom is 0.417 e. The molecule has 7 heteroatoms. The molecule has 2 bridgehead atoms. The number of rotatable bonds is 3. The number of hydrogen-bond acceptors (Lipinski definition) is 3. The Balaban J connectivity index is 1.53. The third kappa shape index (κ3) is 3.50. The summed E-state index contributed by atoms with van der Waals surface area (Å²) in [6.07, 6.45) is 1.53. The average Bonchev–Trinajstić information content (AvgIpc) is 2.92. The number of fused-ring (bicyclic) bond motifs is 2. The number of carbonyl (C=O) groups is 1. The largest absolute Gasteiger partial charge is 0.490 e. The van der Waals surface area contributed by atoms with Gasteiger partial charge < -0.3 is 9.64 Å². The quantitative estimate of drug-likeness (QED) is 0.802. The van der Waals surface area contributed by atoms with Crippen molar-refractivity contribution in [2.75, 3.05) is 0 Å². The van der Waals surface area contributed by atoms with Crippen molar-refractivity contribution in [3.63, 3.8) is 0 Å². The number of aromatic nitrogens is 1. The zero-order valence-electron chi connectivity index (χ0n) is 14.5. The van der Waals surface area contributed by atoms with E-state index in [1.165, 1.54) is 18.2 Å². The van der Waals surface area contributed by atoms with Crippen molar-refractivity contribution in [1.29, 1.82) is 0 Å². The number of carbonyl (C=O) groups excluding carboxylic acids is 1. The third-order valence-corrected chi connectivity index (χ3v) is 5.34. The Labute approximate surface area is 155 Å². The standard InChI is InChI=1S/C20H19F3N2O2/c21-20(22,23)18-4-2-1-3-17(18)19(26)25-13-5-6-14(25)12-16(11-13)27-15-7-9-24-10-8-15/h1-4,7-10,13-14,16H,5-6,11-12H2. The summed E-state index contributed by atoms with van der Waals surface area (Å²) < 4.78 is 45.9. The molecule has 2 saturated heterocycles. The van der Waals surface area contributed by atoms with Gasteiger partial charge in [-0.2, -0.15) is 13.2 Å². The Morgan fingerprint density at radius 3 is 2.30 bits per heavy atom. The van der Waals surface area contributed by atoms with E-state index in [1.807, 2.05) is 0 Å². The van der Waals surface area contributed by atoms with Crippen LogP contribution in [0.4, 0.5) is 13.2 Å². The monoisotopic (exact) mass is 376 g/mol. The number of nitrogens with zero attached hydrogens (tertiary/aromatic N) is 2. The van der Waals surface area contributed by atoms with Crippen LogP contribution >= 0.6 is 0 Å². The predicted octanol–water partition coefficient (Wildman–Crippen LogP) is 4.32. The summed E-state index contributed by atoms with van der Waals surface area (Å²) in [6.45, 7) is 0. The number of pyridine rings is 1. The van der Waals surface area contributed by atoms with Gasteiger partial charge in [0.15, 0.2) is 0 Å². The summed E-state index contributed by atoms with van der Waals surface area (Å²) in [4.78, 5) is 18.6. The molecule has 4 nitrogen and oxygen atoms in total. The molecule has 1 amide bonds. The second kappa shape index (κ2) is 6.87. The summed E-state index contributed by atoms with van der Waals surface area (Å²) in [7, 11) is 0. The fraction of sp³-hybridized carbons (Fsp3) is 0.400. The van der Waals surface area contributed by atoms with Crippen LogP contribution in [0.2, 0.25) is 0 Å². The maximum absolute atomic E-state index is 13.3. The summed E-state index contributed by atoms with van der Waals surface area (Å²) in [5.41, 5.74) is -1.14. The van der Waals surface area contributed by atoms with Gasteiger partial charge in [-0.1, -0.05) is 12.1 Å². The van der Waals surface area contributed by atoms with Gasteiger partial charge in [-0.25, -0.2) is 0 Å². The van der Waals surface area contributed by atoms with Gasteiger partial charge in [0.05, 0.1) is 11.1 Å². The Morgan fingerprint density at radius 2 is 1.67 bits per heavy atom. The zero-order chi connectivity index (χ0) is 19.0. The van der Waals surface area contributed by atoms with Crippen LogP contribution in [0, 0.1) is 0 Å². The van der Waals surface area contributed by atoms with E-state index in [4.69, 9.17) is 4.74 Å². The lowest BCUT2D eigenvalue weighted by atomic mass is 9.97. The fourth-order valence-corrected chi connectivity index (χ4v) is 4.22. The molecule has 0 radical (unpaired) electrons. The van der Waals surface area contributed by atoms with Crippen LogP contribution in [-0.4, -0.2) is 34.0 Å². The summed E-state index contributed by atoms with van der Waals surface area (Å²) in [5, 5.41) is 0. The van der Waals surface area contributed by atoms with E-state index < -0.39 is 17.6 Å². The van der Waals surface area contributed by atoms with Gasteiger partial charge in [0.2, 0.25) is 0 Å². The first-order valence-electron chi connectivity index (χ1n) is 8.99.